The van der Waals surface area contributed by atoms with Gasteiger partial charge in [0.05, 0.1) is 11.9 Å². The molecule has 4 rings (SSSR count). The van der Waals surface area contributed by atoms with E-state index >= 15 is 0 Å². The van der Waals surface area contributed by atoms with Crippen LogP contribution in [0.3, 0.4) is 0 Å². The first kappa shape index (κ1) is 29.1. The second-order valence-corrected chi connectivity index (χ2v) is 12.0. The number of halogens is 2. The maximum atomic E-state index is 14.1. The van der Waals surface area contributed by atoms with Gasteiger partial charge in [0.15, 0.2) is 5.69 Å². The molecule has 39 heavy (non-hydrogen) atoms. The van der Waals surface area contributed by atoms with Crippen LogP contribution in [0.25, 0.3) is 0 Å². The van der Waals surface area contributed by atoms with Crippen molar-refractivity contribution in [2.24, 2.45) is 11.8 Å². The van der Waals surface area contributed by atoms with Crippen molar-refractivity contribution >= 4 is 35.1 Å². The minimum Gasteiger partial charge on any atom is -0.444 e. The fourth-order valence-corrected chi connectivity index (χ4v) is 5.55. The van der Waals surface area contributed by atoms with E-state index in [2.05, 4.69) is 20.2 Å². The van der Waals surface area contributed by atoms with Crippen LogP contribution in [0.1, 0.15) is 76.2 Å². The molecule has 0 saturated carbocycles. The molecule has 212 valence electrons. The minimum absolute atomic E-state index is 0.175. The molecule has 2 amide bonds. The maximum Gasteiger partial charge on any atom is 0.410 e. The third-order valence-electron chi connectivity index (χ3n) is 7.45. The Labute approximate surface area is 235 Å². The van der Waals surface area contributed by atoms with Crippen molar-refractivity contribution in [3.05, 3.63) is 47.1 Å². The van der Waals surface area contributed by atoms with Crippen LogP contribution in [0.4, 0.5) is 20.7 Å². The fraction of sp³-hybridized carbons (Fsp3) is 0.586. The summed E-state index contributed by atoms with van der Waals surface area (Å²) in [6.45, 7) is 8.72. The van der Waals surface area contributed by atoms with Crippen LogP contribution >= 0.6 is 11.6 Å². The van der Waals surface area contributed by atoms with Crippen LogP contribution in [0.15, 0.2) is 30.5 Å². The van der Waals surface area contributed by atoms with E-state index in [0.29, 0.717) is 23.3 Å². The van der Waals surface area contributed by atoms with Crippen molar-refractivity contribution in [1.29, 1.82) is 0 Å². The summed E-state index contributed by atoms with van der Waals surface area (Å²) in [5.41, 5.74) is 0.219. The molecule has 1 N–H and O–H groups in total. The van der Waals surface area contributed by atoms with E-state index in [0.717, 1.165) is 64.5 Å². The van der Waals surface area contributed by atoms with E-state index in [1.54, 1.807) is 18.2 Å². The Morgan fingerprint density at radius 3 is 2.33 bits per heavy atom. The standard InChI is InChI=1S/C29H39ClFN5O3/c1-29(2,3)39-28(38)36-16-12-21(13-17-36)7-4-6-20-10-14-35(15-11-20)23-18-22(31)19-32-26(23)27(37)34-25-9-5-8-24(30)33-25/h5,8-9,18-21H,4,6-7,10-17H2,1-3H3,(H,33,34,37). The smallest absolute Gasteiger partial charge is 0.410 e. The average Bonchev–Trinajstić information content (AvgIpc) is 2.88. The van der Waals surface area contributed by atoms with Gasteiger partial charge in [-0.15, -0.1) is 0 Å². The Kier molecular flexibility index (Phi) is 9.64. The molecule has 0 bridgehead atoms. The van der Waals surface area contributed by atoms with Crippen molar-refractivity contribution in [3.63, 3.8) is 0 Å². The summed E-state index contributed by atoms with van der Waals surface area (Å²) in [6.07, 6.45) is 8.41. The van der Waals surface area contributed by atoms with Gasteiger partial charge >= 0.3 is 6.09 Å². The van der Waals surface area contributed by atoms with Crippen molar-refractivity contribution < 1.29 is 18.7 Å². The van der Waals surface area contributed by atoms with Gasteiger partial charge in [0.25, 0.3) is 5.91 Å². The Morgan fingerprint density at radius 2 is 1.72 bits per heavy atom. The highest BCUT2D eigenvalue weighted by atomic mass is 35.5. The molecule has 10 heteroatoms. The van der Waals surface area contributed by atoms with E-state index in [-0.39, 0.29) is 16.9 Å². The molecule has 2 aliphatic rings. The molecular weight excluding hydrogens is 521 g/mol. The predicted molar refractivity (Wildman–Crippen MR) is 151 cm³/mol. The van der Waals surface area contributed by atoms with Gasteiger partial charge in [0, 0.05) is 32.2 Å². The zero-order chi connectivity index (χ0) is 28.0. The lowest BCUT2D eigenvalue weighted by atomic mass is 9.87. The fourth-order valence-electron chi connectivity index (χ4n) is 5.39. The second-order valence-electron chi connectivity index (χ2n) is 11.6. The van der Waals surface area contributed by atoms with Crippen LogP contribution in [0, 0.1) is 17.7 Å². The van der Waals surface area contributed by atoms with Crippen molar-refractivity contribution in [3.8, 4) is 0 Å². The normalized spacial score (nSPS) is 17.3. The lowest BCUT2D eigenvalue weighted by molar-refractivity contribution is 0.0180. The second kappa shape index (κ2) is 12.9. The lowest BCUT2D eigenvalue weighted by Crippen LogP contribution is -2.41. The molecule has 0 aromatic carbocycles. The highest BCUT2D eigenvalue weighted by molar-refractivity contribution is 6.29. The molecule has 0 radical (unpaired) electrons. The third kappa shape index (κ3) is 8.52. The first-order valence-corrected chi connectivity index (χ1v) is 14.3. The number of carbonyl (C=O) groups is 2. The van der Waals surface area contributed by atoms with E-state index in [1.807, 2.05) is 25.7 Å². The predicted octanol–water partition coefficient (Wildman–Crippen LogP) is 6.56. The molecule has 2 aliphatic heterocycles. The zero-order valence-corrected chi connectivity index (χ0v) is 23.8. The third-order valence-corrected chi connectivity index (χ3v) is 7.66. The summed E-state index contributed by atoms with van der Waals surface area (Å²) in [6, 6.07) is 6.35. The number of hydrogen-bond acceptors (Lipinski definition) is 6. The molecule has 2 saturated heterocycles. The first-order valence-electron chi connectivity index (χ1n) is 13.9. The summed E-state index contributed by atoms with van der Waals surface area (Å²) < 4.78 is 19.6. The lowest BCUT2D eigenvalue weighted by Gasteiger charge is -2.35. The van der Waals surface area contributed by atoms with Crippen molar-refractivity contribution in [2.45, 2.75) is 71.3 Å². The van der Waals surface area contributed by atoms with Crippen LogP contribution in [0.2, 0.25) is 5.15 Å². The van der Waals surface area contributed by atoms with Gasteiger partial charge in [0.1, 0.15) is 22.4 Å². The summed E-state index contributed by atoms with van der Waals surface area (Å²) in [5, 5.41) is 2.98. The summed E-state index contributed by atoms with van der Waals surface area (Å²) in [7, 11) is 0. The summed E-state index contributed by atoms with van der Waals surface area (Å²) >= 11 is 5.92. The quantitative estimate of drug-likeness (QED) is 0.387. The maximum absolute atomic E-state index is 14.1. The number of ether oxygens (including phenoxy) is 1. The molecule has 2 fully saturated rings. The Hall–Kier alpha value is -2.94. The highest BCUT2D eigenvalue weighted by Gasteiger charge is 2.28. The molecule has 0 spiro atoms. The Balaban J connectivity index is 1.22. The van der Waals surface area contributed by atoms with E-state index in [9.17, 15) is 14.0 Å². The molecule has 2 aromatic rings. The summed E-state index contributed by atoms with van der Waals surface area (Å²) in [4.78, 5) is 37.3. The van der Waals surface area contributed by atoms with E-state index in [4.69, 9.17) is 16.3 Å². The molecule has 0 aliphatic carbocycles. The molecule has 8 nitrogen and oxygen atoms in total. The van der Waals surface area contributed by atoms with Gasteiger partial charge in [0.2, 0.25) is 0 Å². The number of amides is 2. The number of aromatic nitrogens is 2. The van der Waals surface area contributed by atoms with Crippen molar-refractivity contribution in [2.75, 3.05) is 36.4 Å². The number of pyridine rings is 2. The number of likely N-dealkylation sites (tertiary alicyclic amines) is 1. The Morgan fingerprint density at radius 1 is 1.08 bits per heavy atom. The monoisotopic (exact) mass is 559 g/mol. The van der Waals surface area contributed by atoms with Gasteiger partial charge in [-0.2, -0.15) is 0 Å². The Bertz CT molecular complexity index is 1140. The van der Waals surface area contributed by atoms with Crippen molar-refractivity contribution in [1.82, 2.24) is 14.9 Å². The SMILES string of the molecule is CC(C)(C)OC(=O)N1CCC(CCCC2CCN(c3cc(F)cnc3C(=O)Nc3cccc(Cl)n3)CC2)CC1. The highest BCUT2D eigenvalue weighted by Crippen LogP contribution is 2.31. The van der Waals surface area contributed by atoms with Crippen LogP contribution in [-0.2, 0) is 4.74 Å². The van der Waals surface area contributed by atoms with Gasteiger partial charge < -0.3 is 19.9 Å². The van der Waals surface area contributed by atoms with E-state index < -0.39 is 17.3 Å². The number of carbonyl (C=O) groups excluding carboxylic acids is 2. The van der Waals surface area contributed by atoms with Crippen LogP contribution < -0.4 is 10.2 Å². The minimum atomic E-state index is -0.470. The van der Waals surface area contributed by atoms with Gasteiger partial charge in [-0.25, -0.2) is 19.2 Å². The van der Waals surface area contributed by atoms with E-state index in [1.165, 1.54) is 18.9 Å². The zero-order valence-electron chi connectivity index (χ0n) is 23.1. The molecule has 0 unspecified atom stereocenters. The molecule has 2 aromatic heterocycles. The number of anilines is 2. The largest absolute Gasteiger partial charge is 0.444 e. The van der Waals surface area contributed by atoms with Crippen LogP contribution in [0.5, 0.6) is 0 Å². The molecule has 0 atom stereocenters. The molecular formula is C29H39ClFN5O3. The number of piperidine rings is 2. The van der Waals surface area contributed by atoms with Gasteiger partial charge in [-0.05, 0) is 70.4 Å². The topological polar surface area (TPSA) is 87.7 Å². The number of nitrogens with zero attached hydrogens (tertiary/aromatic N) is 4. The molecule has 4 heterocycles. The number of nitrogens with one attached hydrogen (secondary N) is 1. The number of hydrogen-bond donors (Lipinski definition) is 1. The number of rotatable bonds is 7. The van der Waals surface area contributed by atoms with Gasteiger partial charge in [-0.3, -0.25) is 4.79 Å². The summed E-state index contributed by atoms with van der Waals surface area (Å²) in [5.74, 6) is 0.662. The first-order chi connectivity index (χ1) is 18.6. The average molecular weight is 560 g/mol. The van der Waals surface area contributed by atoms with Crippen LogP contribution in [-0.4, -0.2) is 58.6 Å². The van der Waals surface area contributed by atoms with Gasteiger partial charge in [-0.1, -0.05) is 36.9 Å².